The van der Waals surface area contributed by atoms with Crippen molar-refractivity contribution in [3.05, 3.63) is 22.3 Å². The van der Waals surface area contributed by atoms with Crippen molar-refractivity contribution in [2.75, 3.05) is 0 Å². The highest BCUT2D eigenvalue weighted by Crippen LogP contribution is 2.43. The molecular formula is C9H12. The van der Waals surface area contributed by atoms with Gasteiger partial charge in [0.25, 0.3) is 0 Å². The first-order chi connectivity index (χ1) is 4.29. The molecule has 0 heterocycles. The molecule has 0 amide bonds. The molecule has 0 aliphatic heterocycles. The van der Waals surface area contributed by atoms with Crippen LogP contribution in [0, 0.1) is 0 Å². The van der Waals surface area contributed by atoms with E-state index in [4.69, 9.17) is 0 Å². The lowest BCUT2D eigenvalue weighted by Gasteiger charge is -2.04. The Morgan fingerprint density at radius 1 is 0.889 bits per heavy atom. The van der Waals surface area contributed by atoms with E-state index in [1.165, 1.54) is 19.3 Å². The molecule has 0 radical (unpaired) electrons. The Morgan fingerprint density at radius 2 is 1.33 bits per heavy atom. The van der Waals surface area contributed by atoms with Gasteiger partial charge < -0.3 is 0 Å². The lowest BCUT2D eigenvalue weighted by atomic mass is 10.0. The van der Waals surface area contributed by atoms with Gasteiger partial charge in [-0.15, -0.1) is 0 Å². The minimum Gasteiger partial charge on any atom is -0.0626 e. The van der Waals surface area contributed by atoms with E-state index >= 15 is 0 Å². The molecule has 0 aromatic carbocycles. The van der Waals surface area contributed by atoms with Gasteiger partial charge in [0.2, 0.25) is 0 Å². The van der Waals surface area contributed by atoms with Gasteiger partial charge in [-0.1, -0.05) is 11.1 Å². The molecule has 2 aliphatic rings. The van der Waals surface area contributed by atoms with E-state index in [1.807, 2.05) is 0 Å². The number of hydrogen-bond acceptors (Lipinski definition) is 0. The van der Waals surface area contributed by atoms with E-state index in [1.54, 1.807) is 22.3 Å². The second-order valence-electron chi connectivity index (χ2n) is 3.13. The summed E-state index contributed by atoms with van der Waals surface area (Å²) in [6.45, 7) is 4.52. The highest BCUT2D eigenvalue weighted by molar-refractivity contribution is 5.49. The van der Waals surface area contributed by atoms with Gasteiger partial charge in [-0.2, -0.15) is 0 Å². The minimum absolute atomic E-state index is 1.32. The van der Waals surface area contributed by atoms with Crippen molar-refractivity contribution in [1.29, 1.82) is 0 Å². The monoisotopic (exact) mass is 120 g/mol. The first-order valence-corrected chi connectivity index (χ1v) is 3.66. The molecule has 1 fully saturated rings. The number of fused-ring (bicyclic) bond motifs is 2. The van der Waals surface area contributed by atoms with Gasteiger partial charge in [-0.25, -0.2) is 0 Å². The minimum atomic E-state index is 1.32. The van der Waals surface area contributed by atoms with Crippen LogP contribution in [0.1, 0.15) is 33.1 Å². The smallest absolute Gasteiger partial charge is 0.00966 e. The summed E-state index contributed by atoms with van der Waals surface area (Å²) in [5, 5.41) is 0. The summed E-state index contributed by atoms with van der Waals surface area (Å²) in [5.41, 5.74) is 6.61. The zero-order chi connectivity index (χ0) is 6.43. The van der Waals surface area contributed by atoms with Crippen LogP contribution < -0.4 is 0 Å². The fourth-order valence-corrected chi connectivity index (χ4v) is 1.91. The second kappa shape index (κ2) is 1.50. The largest absolute Gasteiger partial charge is 0.0626 e. The molecule has 0 aromatic rings. The number of allylic oxidation sites excluding steroid dienone is 4. The Balaban J connectivity index is 2.52. The van der Waals surface area contributed by atoms with E-state index in [0.717, 1.165) is 0 Å². The summed E-state index contributed by atoms with van der Waals surface area (Å²) < 4.78 is 0. The molecule has 48 valence electrons. The maximum atomic E-state index is 2.26. The molecule has 2 aliphatic carbocycles. The number of rotatable bonds is 0. The Morgan fingerprint density at radius 3 is 1.56 bits per heavy atom. The van der Waals surface area contributed by atoms with Crippen LogP contribution in [0.2, 0.25) is 0 Å². The summed E-state index contributed by atoms with van der Waals surface area (Å²) in [6, 6.07) is 0. The molecule has 2 bridgehead atoms. The van der Waals surface area contributed by atoms with Gasteiger partial charge in [0, 0.05) is 0 Å². The topological polar surface area (TPSA) is 0 Å². The van der Waals surface area contributed by atoms with Gasteiger partial charge >= 0.3 is 0 Å². The molecule has 1 saturated carbocycles. The molecule has 2 rings (SSSR count). The standard InChI is InChI=1S/C9H12/c1-6-7(2)9-4-3-8(6)5-9/h3-5H2,1-2H3. The van der Waals surface area contributed by atoms with Crippen LogP contribution in [0.3, 0.4) is 0 Å². The van der Waals surface area contributed by atoms with Crippen molar-refractivity contribution in [2.45, 2.75) is 33.1 Å². The second-order valence-corrected chi connectivity index (χ2v) is 3.13. The highest BCUT2D eigenvalue weighted by atomic mass is 14.3. The molecule has 0 nitrogen and oxygen atoms in total. The normalized spacial score (nSPS) is 24.7. The third-order valence-corrected chi connectivity index (χ3v) is 2.78. The Labute approximate surface area is 56.3 Å². The van der Waals surface area contributed by atoms with Crippen molar-refractivity contribution < 1.29 is 0 Å². The fourth-order valence-electron chi connectivity index (χ4n) is 1.91. The molecule has 9 heavy (non-hydrogen) atoms. The van der Waals surface area contributed by atoms with Crippen LogP contribution in [0.15, 0.2) is 22.3 Å². The summed E-state index contributed by atoms with van der Waals surface area (Å²) >= 11 is 0. The summed E-state index contributed by atoms with van der Waals surface area (Å²) in [5.74, 6) is 0. The van der Waals surface area contributed by atoms with Crippen molar-refractivity contribution >= 4 is 0 Å². The van der Waals surface area contributed by atoms with E-state index in [9.17, 15) is 0 Å². The van der Waals surface area contributed by atoms with Crippen LogP contribution in [-0.2, 0) is 0 Å². The van der Waals surface area contributed by atoms with E-state index < -0.39 is 0 Å². The van der Waals surface area contributed by atoms with Crippen LogP contribution in [0.5, 0.6) is 0 Å². The average Bonchev–Trinajstić information content (AvgIpc) is 2.37. The lowest BCUT2D eigenvalue weighted by Crippen LogP contribution is -1.85. The first-order valence-electron chi connectivity index (χ1n) is 3.66. The molecule has 0 unspecified atom stereocenters. The van der Waals surface area contributed by atoms with Gasteiger partial charge in [0.05, 0.1) is 0 Å². The Bertz CT molecular complexity index is 192. The molecule has 0 N–H and O–H groups in total. The fraction of sp³-hybridized carbons (Fsp3) is 0.556. The lowest BCUT2D eigenvalue weighted by molar-refractivity contribution is 0.990. The van der Waals surface area contributed by atoms with Gasteiger partial charge in [-0.05, 0) is 44.3 Å². The summed E-state index contributed by atoms with van der Waals surface area (Å²) in [7, 11) is 0. The van der Waals surface area contributed by atoms with Crippen molar-refractivity contribution in [3.8, 4) is 0 Å². The Hall–Kier alpha value is -0.520. The van der Waals surface area contributed by atoms with Gasteiger partial charge in [0.15, 0.2) is 0 Å². The highest BCUT2D eigenvalue weighted by Gasteiger charge is 2.23. The third-order valence-electron chi connectivity index (χ3n) is 2.78. The molecule has 0 atom stereocenters. The number of hydrogen-bond donors (Lipinski definition) is 0. The predicted molar refractivity (Wildman–Crippen MR) is 39.3 cm³/mol. The first kappa shape index (κ1) is 5.28. The van der Waals surface area contributed by atoms with Crippen LogP contribution >= 0.6 is 0 Å². The van der Waals surface area contributed by atoms with Crippen LogP contribution in [0.4, 0.5) is 0 Å². The maximum Gasteiger partial charge on any atom is -0.00966 e. The van der Waals surface area contributed by atoms with E-state index in [2.05, 4.69) is 13.8 Å². The van der Waals surface area contributed by atoms with Crippen LogP contribution in [0.25, 0.3) is 0 Å². The van der Waals surface area contributed by atoms with Crippen LogP contribution in [-0.4, -0.2) is 0 Å². The Kier molecular flexibility index (Phi) is 0.879. The van der Waals surface area contributed by atoms with Crippen molar-refractivity contribution in [3.63, 3.8) is 0 Å². The van der Waals surface area contributed by atoms with Gasteiger partial charge in [-0.3, -0.25) is 0 Å². The zero-order valence-corrected chi connectivity index (χ0v) is 6.12. The zero-order valence-electron chi connectivity index (χ0n) is 6.12. The third kappa shape index (κ3) is 0.536. The molecule has 0 heteroatoms. The molecule has 0 saturated heterocycles. The van der Waals surface area contributed by atoms with Crippen molar-refractivity contribution in [2.24, 2.45) is 0 Å². The quantitative estimate of drug-likeness (QED) is 0.461. The van der Waals surface area contributed by atoms with E-state index in [0.29, 0.717) is 0 Å². The molecular weight excluding hydrogens is 108 g/mol. The summed E-state index contributed by atoms with van der Waals surface area (Å²) in [6.07, 6.45) is 4.04. The average molecular weight is 120 g/mol. The van der Waals surface area contributed by atoms with Crippen molar-refractivity contribution in [1.82, 2.24) is 0 Å². The summed E-state index contributed by atoms with van der Waals surface area (Å²) in [4.78, 5) is 0. The maximum absolute atomic E-state index is 2.26. The predicted octanol–water partition coefficient (Wildman–Crippen LogP) is 2.82. The molecule has 0 aromatic heterocycles. The SMILES string of the molecule is CC1=C2CCC(=C1C)C2. The van der Waals surface area contributed by atoms with Gasteiger partial charge in [0.1, 0.15) is 0 Å². The van der Waals surface area contributed by atoms with E-state index in [-0.39, 0.29) is 0 Å². The molecule has 0 spiro atoms.